The van der Waals surface area contributed by atoms with Crippen LogP contribution in [0.1, 0.15) is 31.9 Å². The van der Waals surface area contributed by atoms with Crippen LogP contribution >= 0.6 is 23.2 Å². The summed E-state index contributed by atoms with van der Waals surface area (Å²) in [4.78, 5) is 12.7. The summed E-state index contributed by atoms with van der Waals surface area (Å²) in [6, 6.07) is 14.6. The van der Waals surface area contributed by atoms with Crippen LogP contribution in [-0.4, -0.2) is 5.97 Å². The molecule has 156 valence electrons. The fraction of sp³-hybridized carbons (Fsp3) is 0.304. The smallest absolute Gasteiger partial charge is 0.311 e. The molecule has 3 atom stereocenters. The molecule has 0 radical (unpaired) electrons. The van der Waals surface area contributed by atoms with Gasteiger partial charge >= 0.3 is 5.97 Å². The Morgan fingerprint density at radius 1 is 1.27 bits per heavy atom. The maximum Gasteiger partial charge on any atom is 0.311 e. The zero-order valence-corrected chi connectivity index (χ0v) is 18.0. The lowest BCUT2D eigenvalue weighted by Gasteiger charge is -2.49. The lowest BCUT2D eigenvalue weighted by Crippen LogP contribution is -2.48. The van der Waals surface area contributed by atoms with Gasteiger partial charge in [-0.2, -0.15) is 5.26 Å². The molecule has 1 aliphatic carbocycles. The first-order chi connectivity index (χ1) is 14.2. The lowest BCUT2D eigenvalue weighted by atomic mass is 9.55. The Hall–Kier alpha value is -2.55. The summed E-state index contributed by atoms with van der Waals surface area (Å²) in [7, 11) is 0. The highest BCUT2D eigenvalue weighted by Crippen LogP contribution is 2.53. The third-order valence-corrected chi connectivity index (χ3v) is 5.79. The molecule has 0 aromatic heterocycles. The van der Waals surface area contributed by atoms with Crippen molar-refractivity contribution in [3.63, 3.8) is 0 Å². The minimum Gasteiger partial charge on any atom is -0.454 e. The molecule has 0 aliphatic heterocycles. The van der Waals surface area contributed by atoms with Crippen LogP contribution in [0.3, 0.4) is 0 Å². The van der Waals surface area contributed by atoms with Crippen molar-refractivity contribution in [3.8, 4) is 17.6 Å². The molecule has 0 amide bonds. The highest BCUT2D eigenvalue weighted by atomic mass is 35.5. The van der Waals surface area contributed by atoms with Crippen molar-refractivity contribution in [3.05, 3.63) is 70.5 Å². The predicted octanol–water partition coefficient (Wildman–Crippen LogP) is 6.71. The van der Waals surface area contributed by atoms with Gasteiger partial charge in [0.2, 0.25) is 6.10 Å². The van der Waals surface area contributed by atoms with Crippen LogP contribution in [0.4, 0.5) is 4.39 Å². The van der Waals surface area contributed by atoms with Gasteiger partial charge in [-0.1, -0.05) is 67.4 Å². The molecule has 1 unspecified atom stereocenters. The van der Waals surface area contributed by atoms with E-state index in [-0.39, 0.29) is 16.2 Å². The first-order valence-corrected chi connectivity index (χ1v) is 10.1. The molecular formula is C23H20Cl2FNO3. The van der Waals surface area contributed by atoms with Gasteiger partial charge in [0.1, 0.15) is 16.3 Å². The summed E-state index contributed by atoms with van der Waals surface area (Å²) < 4.78 is 25.4. The minimum atomic E-state index is -1.18. The summed E-state index contributed by atoms with van der Waals surface area (Å²) in [5.41, 5.74) is -0.0770. The summed E-state index contributed by atoms with van der Waals surface area (Å²) in [5, 5.41) is 9.55. The highest BCUT2D eigenvalue weighted by molar-refractivity contribution is 6.55. The molecule has 30 heavy (non-hydrogen) atoms. The Kier molecular flexibility index (Phi) is 6.70. The minimum absolute atomic E-state index is 0.0391. The third-order valence-electron chi connectivity index (χ3n) is 5.54. The van der Waals surface area contributed by atoms with E-state index in [1.54, 1.807) is 30.3 Å². The standard InChI is InChI=1S/C23H20Cl2FNO3/c1-23(2)15(12-21(24)25)11-17(23)22(28)30-20(13-27)14-8-9-18(26)19(10-14)29-16-6-4-3-5-7-16/h3-10,12,15,17,20H,11H2,1-2H3/t15-,17-,20?/m1/s1. The Bertz CT molecular complexity index is 997. The molecule has 4 nitrogen and oxygen atoms in total. The van der Waals surface area contributed by atoms with Gasteiger partial charge in [0.25, 0.3) is 0 Å². The molecule has 1 fully saturated rings. The van der Waals surface area contributed by atoms with E-state index in [4.69, 9.17) is 32.7 Å². The number of para-hydroxylation sites is 1. The average molecular weight is 448 g/mol. The maximum absolute atomic E-state index is 14.2. The molecule has 2 aromatic carbocycles. The number of ether oxygens (including phenoxy) is 2. The van der Waals surface area contributed by atoms with Gasteiger partial charge in [0.15, 0.2) is 11.6 Å². The highest BCUT2D eigenvalue weighted by Gasteiger charge is 2.52. The number of carbonyl (C=O) groups is 1. The zero-order chi connectivity index (χ0) is 21.9. The van der Waals surface area contributed by atoms with Gasteiger partial charge in [0.05, 0.1) is 5.92 Å². The fourth-order valence-corrected chi connectivity index (χ4v) is 3.84. The van der Waals surface area contributed by atoms with E-state index in [1.165, 1.54) is 18.2 Å². The van der Waals surface area contributed by atoms with Crippen molar-refractivity contribution in [1.82, 2.24) is 0 Å². The van der Waals surface area contributed by atoms with Gasteiger partial charge in [-0.05, 0) is 42.0 Å². The predicted molar refractivity (Wildman–Crippen MR) is 113 cm³/mol. The molecule has 3 rings (SSSR count). The number of nitrogens with zero attached hydrogens (tertiary/aromatic N) is 1. The number of benzene rings is 2. The molecule has 1 aliphatic rings. The SMILES string of the molecule is CC1(C)[C@@H](C(=O)OC(C#N)c2ccc(F)c(Oc3ccccc3)c2)C[C@@H]1C=C(Cl)Cl. The number of esters is 1. The molecule has 0 heterocycles. The van der Waals surface area contributed by atoms with Gasteiger partial charge in [-0.15, -0.1) is 0 Å². The Balaban J connectivity index is 1.74. The van der Waals surface area contributed by atoms with Crippen molar-refractivity contribution in [2.75, 3.05) is 0 Å². The van der Waals surface area contributed by atoms with E-state index < -0.39 is 29.2 Å². The second-order valence-electron chi connectivity index (χ2n) is 7.72. The number of hydrogen-bond acceptors (Lipinski definition) is 4. The zero-order valence-electron chi connectivity index (χ0n) is 16.4. The molecule has 1 saturated carbocycles. The van der Waals surface area contributed by atoms with Gasteiger partial charge in [0, 0.05) is 5.56 Å². The fourth-order valence-electron chi connectivity index (χ4n) is 3.54. The lowest BCUT2D eigenvalue weighted by molar-refractivity contribution is -0.166. The average Bonchev–Trinajstić information content (AvgIpc) is 2.71. The third kappa shape index (κ3) is 4.77. The van der Waals surface area contributed by atoms with Crippen molar-refractivity contribution in [2.24, 2.45) is 17.3 Å². The second kappa shape index (κ2) is 9.07. The van der Waals surface area contributed by atoms with Crippen LogP contribution in [0.5, 0.6) is 11.5 Å². The molecule has 0 bridgehead atoms. The van der Waals surface area contributed by atoms with Crippen molar-refractivity contribution >= 4 is 29.2 Å². The number of nitriles is 1. The van der Waals surface area contributed by atoms with E-state index in [2.05, 4.69) is 0 Å². The van der Waals surface area contributed by atoms with E-state index in [0.29, 0.717) is 17.7 Å². The van der Waals surface area contributed by atoms with Crippen LogP contribution in [0.2, 0.25) is 0 Å². The normalized spacial score (nSPS) is 20.3. The summed E-state index contributed by atoms with van der Waals surface area (Å²) in [6.45, 7) is 3.84. The second-order valence-corrected chi connectivity index (χ2v) is 8.73. The summed E-state index contributed by atoms with van der Waals surface area (Å²) >= 11 is 11.5. The van der Waals surface area contributed by atoms with Crippen LogP contribution in [-0.2, 0) is 9.53 Å². The first-order valence-electron chi connectivity index (χ1n) is 9.37. The largest absolute Gasteiger partial charge is 0.454 e. The van der Waals surface area contributed by atoms with Gasteiger partial charge in [-0.25, -0.2) is 4.39 Å². The van der Waals surface area contributed by atoms with E-state index in [0.717, 1.165) is 0 Å². The molecule has 0 N–H and O–H groups in total. The van der Waals surface area contributed by atoms with Crippen LogP contribution in [0.25, 0.3) is 0 Å². The molecule has 7 heteroatoms. The first kappa shape index (κ1) is 22.1. The van der Waals surface area contributed by atoms with Crippen LogP contribution in [0, 0.1) is 34.4 Å². The number of hydrogen-bond donors (Lipinski definition) is 0. The number of rotatable bonds is 6. The molecule has 0 spiro atoms. The Labute approximate surface area is 184 Å². The quantitative estimate of drug-likeness (QED) is 0.461. The van der Waals surface area contributed by atoms with Crippen LogP contribution < -0.4 is 4.74 Å². The van der Waals surface area contributed by atoms with Gasteiger partial charge in [-0.3, -0.25) is 4.79 Å². The van der Waals surface area contributed by atoms with Crippen molar-refractivity contribution < 1.29 is 18.7 Å². The van der Waals surface area contributed by atoms with E-state index in [9.17, 15) is 14.4 Å². The maximum atomic E-state index is 14.2. The van der Waals surface area contributed by atoms with Crippen molar-refractivity contribution in [1.29, 1.82) is 5.26 Å². The Morgan fingerprint density at radius 2 is 1.97 bits per heavy atom. The van der Waals surface area contributed by atoms with Gasteiger partial charge < -0.3 is 9.47 Å². The number of carbonyl (C=O) groups excluding carboxylic acids is 1. The van der Waals surface area contributed by atoms with Crippen LogP contribution in [0.15, 0.2) is 59.1 Å². The summed E-state index contributed by atoms with van der Waals surface area (Å²) in [6.07, 6.45) is 1.05. The Morgan fingerprint density at radius 3 is 2.57 bits per heavy atom. The van der Waals surface area contributed by atoms with Crippen molar-refractivity contribution in [2.45, 2.75) is 26.4 Å². The number of halogens is 3. The monoisotopic (exact) mass is 447 g/mol. The molecule has 0 saturated heterocycles. The molecule has 2 aromatic rings. The number of allylic oxidation sites excluding steroid dienone is 1. The topological polar surface area (TPSA) is 59.3 Å². The molecular weight excluding hydrogens is 428 g/mol. The van der Waals surface area contributed by atoms with E-state index in [1.807, 2.05) is 26.0 Å². The van der Waals surface area contributed by atoms with E-state index >= 15 is 0 Å². The summed E-state index contributed by atoms with van der Waals surface area (Å²) in [5.74, 6) is -1.04.